The third kappa shape index (κ3) is 5.41. The summed E-state index contributed by atoms with van der Waals surface area (Å²) in [6.07, 6.45) is -0.466. The molecule has 0 spiro atoms. The number of carbonyl (C=O) groups excluding carboxylic acids is 2. The smallest absolute Gasteiger partial charge is 0.397 e. The van der Waals surface area contributed by atoms with Gasteiger partial charge in [0, 0.05) is 16.7 Å². The number of rotatable bonds is 9. The summed E-state index contributed by atoms with van der Waals surface area (Å²) in [5.41, 5.74) is -0.00220. The highest BCUT2D eigenvalue weighted by molar-refractivity contribution is 6.82. The Hall–Kier alpha value is -2.36. The van der Waals surface area contributed by atoms with Crippen molar-refractivity contribution in [2.45, 2.75) is 26.8 Å². The molecule has 0 aliphatic carbocycles. The average molecular weight is 455 g/mol. The summed E-state index contributed by atoms with van der Waals surface area (Å²) < 4.78 is 25.8. The first-order valence-electron chi connectivity index (χ1n) is 8.81. The normalized spacial score (nSPS) is 11.4. The molecule has 0 aliphatic rings. The van der Waals surface area contributed by atoms with Crippen LogP contribution in [0.25, 0.3) is 0 Å². The second-order valence-electron chi connectivity index (χ2n) is 5.98. The van der Waals surface area contributed by atoms with Crippen molar-refractivity contribution in [3.8, 4) is 5.75 Å². The molecule has 0 amide bonds. The fourth-order valence-corrected chi connectivity index (χ4v) is 3.22. The van der Waals surface area contributed by atoms with Gasteiger partial charge in [0.25, 0.3) is 0 Å². The van der Waals surface area contributed by atoms with Gasteiger partial charge in [-0.15, -0.1) is 10.2 Å². The SMILES string of the molecule is CCOC(=O)c1cc(O[C@H](C)c2c(Cl)ccc(F)c2Cl)c(N([B]C=O)B(C)O)nn1. The van der Waals surface area contributed by atoms with Crippen LogP contribution < -0.4 is 9.46 Å². The summed E-state index contributed by atoms with van der Waals surface area (Å²) >= 11 is 12.2. The molecule has 1 aromatic carbocycles. The van der Waals surface area contributed by atoms with Crippen LogP contribution in [-0.4, -0.2) is 48.4 Å². The quantitative estimate of drug-likeness (QED) is 0.267. The lowest BCUT2D eigenvalue weighted by molar-refractivity contribution is 0.0517. The molecule has 1 heterocycles. The zero-order chi connectivity index (χ0) is 22.4. The highest BCUT2D eigenvalue weighted by atomic mass is 35.5. The van der Waals surface area contributed by atoms with E-state index >= 15 is 0 Å². The van der Waals surface area contributed by atoms with Crippen LogP contribution in [0.1, 0.15) is 36.0 Å². The summed E-state index contributed by atoms with van der Waals surface area (Å²) in [6.45, 7) is 4.68. The number of aromatic nitrogens is 2. The van der Waals surface area contributed by atoms with Crippen LogP contribution in [0.15, 0.2) is 18.2 Å². The standard InChI is InChI=1S/C17H17B2Cl2FN3O5/c1-4-29-17(27)12-7-13(16(24-23-12)25(18-8-26)19(3)28)30-9(2)14-10(20)5-6-11(22)15(14)21/h5-9,28H,4H2,1-3H3/t9-/m1/s1. The molecule has 0 saturated heterocycles. The summed E-state index contributed by atoms with van der Waals surface area (Å²) in [7, 11) is -0.171. The van der Waals surface area contributed by atoms with Gasteiger partial charge in [-0.2, -0.15) is 0 Å². The molecule has 1 aromatic heterocycles. The van der Waals surface area contributed by atoms with E-state index in [1.165, 1.54) is 19.0 Å². The van der Waals surface area contributed by atoms with Gasteiger partial charge in [0.05, 0.1) is 11.6 Å². The average Bonchev–Trinajstić information content (AvgIpc) is 2.69. The molecule has 30 heavy (non-hydrogen) atoms. The topological polar surface area (TPSA) is 102 Å². The molecule has 2 rings (SSSR count). The first-order valence-corrected chi connectivity index (χ1v) is 9.56. The molecule has 1 N–H and O–H groups in total. The van der Waals surface area contributed by atoms with Crippen LogP contribution in [0.5, 0.6) is 5.75 Å². The summed E-state index contributed by atoms with van der Waals surface area (Å²) in [5.74, 6) is -1.55. The molecule has 0 unspecified atom stereocenters. The van der Waals surface area contributed by atoms with Crippen molar-refractivity contribution in [1.82, 2.24) is 10.2 Å². The van der Waals surface area contributed by atoms with Crippen molar-refractivity contribution in [2.75, 3.05) is 11.3 Å². The molecule has 0 saturated carbocycles. The third-order valence-electron chi connectivity index (χ3n) is 3.88. The van der Waals surface area contributed by atoms with Crippen molar-refractivity contribution in [2.24, 2.45) is 0 Å². The minimum atomic E-state index is -1.18. The maximum Gasteiger partial charge on any atom is 0.397 e. The lowest BCUT2D eigenvalue weighted by atomic mass is 9.73. The van der Waals surface area contributed by atoms with Gasteiger partial charge in [0.2, 0.25) is 0 Å². The van der Waals surface area contributed by atoms with E-state index in [1.807, 2.05) is 0 Å². The van der Waals surface area contributed by atoms with Gasteiger partial charge in [-0.1, -0.05) is 23.2 Å². The Morgan fingerprint density at radius 1 is 1.43 bits per heavy atom. The lowest BCUT2D eigenvalue weighted by Crippen LogP contribution is -2.42. The Kier molecular flexibility index (Phi) is 8.45. The maximum absolute atomic E-state index is 13.9. The van der Waals surface area contributed by atoms with E-state index < -0.39 is 24.9 Å². The summed E-state index contributed by atoms with van der Waals surface area (Å²) in [4.78, 5) is 23.0. The Balaban J connectivity index is 2.54. The molecule has 2 aromatic rings. The van der Waals surface area contributed by atoms with Crippen molar-refractivity contribution in [1.29, 1.82) is 0 Å². The van der Waals surface area contributed by atoms with Crippen molar-refractivity contribution < 1.29 is 28.5 Å². The summed E-state index contributed by atoms with van der Waals surface area (Å²) in [5, 5.41) is 17.6. The van der Waals surface area contributed by atoms with Crippen molar-refractivity contribution >= 4 is 55.6 Å². The Morgan fingerprint density at radius 2 is 2.13 bits per heavy atom. The Labute approximate surface area is 183 Å². The number of hydrogen-bond acceptors (Lipinski definition) is 8. The highest BCUT2D eigenvalue weighted by Crippen LogP contribution is 2.37. The van der Waals surface area contributed by atoms with Gasteiger partial charge in [0.15, 0.2) is 17.3 Å². The van der Waals surface area contributed by atoms with E-state index in [-0.39, 0.29) is 39.5 Å². The number of ether oxygens (including phenoxy) is 2. The second kappa shape index (κ2) is 10.6. The van der Waals surface area contributed by atoms with Gasteiger partial charge in [-0.25, -0.2) is 9.18 Å². The first kappa shape index (κ1) is 23.9. The lowest BCUT2D eigenvalue weighted by Gasteiger charge is -2.26. The monoisotopic (exact) mass is 454 g/mol. The highest BCUT2D eigenvalue weighted by Gasteiger charge is 2.27. The van der Waals surface area contributed by atoms with Crippen LogP contribution in [0.4, 0.5) is 10.2 Å². The number of nitrogens with zero attached hydrogens (tertiary/aromatic N) is 3. The minimum absolute atomic E-state index is 0.0454. The molecule has 0 fully saturated rings. The second-order valence-corrected chi connectivity index (χ2v) is 6.76. The van der Waals surface area contributed by atoms with Crippen LogP contribution in [-0.2, 0) is 9.53 Å². The molecule has 8 nitrogen and oxygen atoms in total. The number of anilines is 1. The first-order chi connectivity index (χ1) is 14.2. The molecule has 1 atom stereocenters. The van der Waals surface area contributed by atoms with E-state index in [9.17, 15) is 19.0 Å². The van der Waals surface area contributed by atoms with Crippen LogP contribution >= 0.6 is 23.2 Å². The minimum Gasteiger partial charge on any atom is -0.482 e. The molecule has 1 radical (unpaired) electrons. The fraction of sp³-hybridized carbons (Fsp3) is 0.294. The van der Waals surface area contributed by atoms with Crippen LogP contribution in [0.3, 0.4) is 0 Å². The van der Waals surface area contributed by atoms with Gasteiger partial charge in [-0.05, 0) is 32.8 Å². The number of carbonyl (C=O) groups is 2. The zero-order valence-electron chi connectivity index (χ0n) is 16.3. The Morgan fingerprint density at radius 3 is 2.73 bits per heavy atom. The van der Waals surface area contributed by atoms with Crippen LogP contribution in [0.2, 0.25) is 16.9 Å². The molecular formula is C17H17B2Cl2FN3O5. The van der Waals surface area contributed by atoms with Crippen molar-refractivity contribution in [3.05, 3.63) is 45.3 Å². The maximum atomic E-state index is 13.9. The fourth-order valence-electron chi connectivity index (χ4n) is 2.54. The molecule has 13 heteroatoms. The number of esters is 1. The van der Waals surface area contributed by atoms with Crippen molar-refractivity contribution in [3.63, 3.8) is 0 Å². The van der Waals surface area contributed by atoms with Gasteiger partial charge in [0.1, 0.15) is 18.1 Å². The van der Waals surface area contributed by atoms with Gasteiger partial charge in [-0.3, -0.25) is 0 Å². The van der Waals surface area contributed by atoms with E-state index in [0.717, 1.165) is 18.2 Å². The predicted molar refractivity (Wildman–Crippen MR) is 112 cm³/mol. The third-order valence-corrected chi connectivity index (χ3v) is 4.60. The summed E-state index contributed by atoms with van der Waals surface area (Å²) in [6, 6.07) is 3.68. The predicted octanol–water partition coefficient (Wildman–Crippen LogP) is 2.97. The Bertz CT molecular complexity index is 939. The molecule has 157 valence electrons. The van der Waals surface area contributed by atoms with E-state index in [0.29, 0.717) is 6.19 Å². The number of halogens is 3. The molecule has 0 aliphatic heterocycles. The van der Waals surface area contributed by atoms with Gasteiger partial charge < -0.3 is 24.0 Å². The largest absolute Gasteiger partial charge is 0.482 e. The number of benzene rings is 1. The molecular weight excluding hydrogens is 438 g/mol. The van der Waals surface area contributed by atoms with Gasteiger partial charge >= 0.3 is 20.4 Å². The van der Waals surface area contributed by atoms with E-state index in [1.54, 1.807) is 13.8 Å². The zero-order valence-corrected chi connectivity index (χ0v) is 17.8. The van der Waals surface area contributed by atoms with E-state index in [2.05, 4.69) is 10.2 Å². The van der Waals surface area contributed by atoms with E-state index in [4.69, 9.17) is 32.7 Å². The number of hydrogen-bond donors (Lipinski definition) is 1. The molecule has 0 bridgehead atoms. The van der Waals surface area contributed by atoms with Crippen LogP contribution in [0, 0.1) is 5.82 Å².